The van der Waals surface area contributed by atoms with Crippen molar-refractivity contribution in [3.63, 3.8) is 0 Å². The summed E-state index contributed by atoms with van der Waals surface area (Å²) in [6.45, 7) is 0. The zero-order valence-corrected chi connectivity index (χ0v) is 29.3. The molecule has 0 aliphatic heterocycles. The summed E-state index contributed by atoms with van der Waals surface area (Å²) in [5, 5.41) is 4.98. The Morgan fingerprint density at radius 1 is 0.415 bits per heavy atom. The number of thiophene rings is 1. The second-order valence-electron chi connectivity index (χ2n) is 13.5. The van der Waals surface area contributed by atoms with Gasteiger partial charge in [0.15, 0.2) is 5.76 Å². The van der Waals surface area contributed by atoms with Crippen molar-refractivity contribution in [3.05, 3.63) is 182 Å². The maximum atomic E-state index is 6.42. The molecule has 4 heteroatoms. The third kappa shape index (κ3) is 4.84. The maximum absolute atomic E-state index is 6.42. The van der Waals surface area contributed by atoms with Crippen LogP contribution in [0.4, 0.5) is 17.1 Å². The molecule has 0 atom stereocenters. The summed E-state index contributed by atoms with van der Waals surface area (Å²) in [7, 11) is 0. The molecule has 2 aromatic heterocycles. The minimum Gasteiger partial charge on any atom is -0.435 e. The minimum atomic E-state index is 0.656. The molecule has 11 rings (SSSR count). The van der Waals surface area contributed by atoms with Gasteiger partial charge < -0.3 is 9.32 Å². The van der Waals surface area contributed by atoms with Crippen molar-refractivity contribution in [3.8, 4) is 56.3 Å². The number of hydrogen-bond donors (Lipinski definition) is 0. The van der Waals surface area contributed by atoms with Crippen LogP contribution < -0.4 is 4.90 Å². The number of rotatable bonds is 6. The Balaban J connectivity index is 1.00. The molecule has 0 N–H and O–H groups in total. The molecule has 0 amide bonds. The van der Waals surface area contributed by atoms with Gasteiger partial charge in [-0.05, 0) is 88.3 Å². The molecule has 3 nitrogen and oxygen atoms in total. The van der Waals surface area contributed by atoms with Gasteiger partial charge >= 0.3 is 0 Å². The number of aromatic nitrogens is 1. The average Bonchev–Trinajstić information content (AvgIpc) is 3.92. The highest BCUT2D eigenvalue weighted by Gasteiger charge is 2.29. The van der Waals surface area contributed by atoms with E-state index in [9.17, 15) is 0 Å². The maximum Gasteiger partial charge on any atom is 0.227 e. The molecule has 0 saturated heterocycles. The van der Waals surface area contributed by atoms with Gasteiger partial charge in [-0.3, -0.25) is 0 Å². The molecule has 53 heavy (non-hydrogen) atoms. The molecule has 0 bridgehead atoms. The van der Waals surface area contributed by atoms with Crippen LogP contribution in [0.1, 0.15) is 0 Å². The van der Waals surface area contributed by atoms with Crippen LogP contribution in [0.3, 0.4) is 0 Å². The van der Waals surface area contributed by atoms with E-state index in [0.29, 0.717) is 5.89 Å². The van der Waals surface area contributed by atoms with E-state index in [1.54, 1.807) is 0 Å². The Morgan fingerprint density at radius 2 is 1.02 bits per heavy atom. The Bertz CT molecular complexity index is 2950. The van der Waals surface area contributed by atoms with Gasteiger partial charge in [-0.25, -0.2) is 4.98 Å². The van der Waals surface area contributed by atoms with Gasteiger partial charge in [0.1, 0.15) is 5.69 Å². The first kappa shape index (κ1) is 29.9. The lowest BCUT2D eigenvalue weighted by atomic mass is 9.94. The highest BCUT2D eigenvalue weighted by atomic mass is 32.1. The SMILES string of the molecule is c1ccc(-c2ccc(N(c3ccc(-c4ccc5c6c(cccc46)-c4oc(-c6ccccc6)nc4-5)cc3)c3ccc4sc5ccccc5c4c3)cc2)cc1. The van der Waals surface area contributed by atoms with Crippen molar-refractivity contribution in [2.24, 2.45) is 0 Å². The van der Waals surface area contributed by atoms with Crippen LogP contribution in [0.15, 0.2) is 186 Å². The second kappa shape index (κ2) is 11.9. The van der Waals surface area contributed by atoms with Gasteiger partial charge in [-0.2, -0.15) is 0 Å². The predicted octanol–water partition coefficient (Wildman–Crippen LogP) is 14.3. The molecule has 0 fully saturated rings. The second-order valence-corrected chi connectivity index (χ2v) is 14.6. The molecule has 1 aliphatic carbocycles. The summed E-state index contributed by atoms with van der Waals surface area (Å²) in [5.74, 6) is 1.50. The molecule has 0 unspecified atom stereocenters. The Morgan fingerprint density at radius 3 is 1.79 bits per heavy atom. The Kier molecular flexibility index (Phi) is 6.73. The monoisotopic (exact) mass is 694 g/mol. The smallest absolute Gasteiger partial charge is 0.227 e. The summed E-state index contributed by atoms with van der Waals surface area (Å²) in [6, 6.07) is 65.1. The number of anilines is 3. The third-order valence-electron chi connectivity index (χ3n) is 10.5. The van der Waals surface area contributed by atoms with E-state index < -0.39 is 0 Å². The lowest BCUT2D eigenvalue weighted by Crippen LogP contribution is -2.09. The normalized spacial score (nSPS) is 11.8. The van der Waals surface area contributed by atoms with Gasteiger partial charge in [0, 0.05) is 59.3 Å². The molecule has 1 aliphatic rings. The van der Waals surface area contributed by atoms with Crippen molar-refractivity contribution >= 4 is 59.3 Å². The van der Waals surface area contributed by atoms with Crippen LogP contribution in [-0.2, 0) is 0 Å². The fourth-order valence-electron chi connectivity index (χ4n) is 7.96. The minimum absolute atomic E-state index is 0.656. The number of fused-ring (bicyclic) bond motifs is 6. The summed E-state index contributed by atoms with van der Waals surface area (Å²) < 4.78 is 9.02. The topological polar surface area (TPSA) is 29.3 Å². The Hall–Kier alpha value is -6.75. The lowest BCUT2D eigenvalue weighted by molar-refractivity contribution is 0.590. The average molecular weight is 695 g/mol. The van der Waals surface area contributed by atoms with E-state index in [4.69, 9.17) is 9.40 Å². The van der Waals surface area contributed by atoms with Gasteiger partial charge in [0.25, 0.3) is 0 Å². The predicted molar refractivity (Wildman–Crippen MR) is 222 cm³/mol. The number of hydrogen-bond acceptors (Lipinski definition) is 4. The van der Waals surface area contributed by atoms with Crippen LogP contribution in [0.25, 0.3) is 87.2 Å². The molecule has 10 aromatic rings. The highest BCUT2D eigenvalue weighted by Crippen LogP contribution is 2.50. The Labute approximate surface area is 310 Å². The van der Waals surface area contributed by atoms with Crippen LogP contribution >= 0.6 is 11.3 Å². The molecule has 8 aromatic carbocycles. The van der Waals surface area contributed by atoms with E-state index >= 15 is 0 Å². The first-order valence-electron chi connectivity index (χ1n) is 17.9. The third-order valence-corrected chi connectivity index (χ3v) is 11.6. The van der Waals surface area contributed by atoms with Crippen molar-refractivity contribution in [2.45, 2.75) is 0 Å². The quantitative estimate of drug-likeness (QED) is 0.173. The summed E-state index contributed by atoms with van der Waals surface area (Å²) in [6.07, 6.45) is 0. The van der Waals surface area contributed by atoms with Crippen LogP contribution in [0.5, 0.6) is 0 Å². The fourth-order valence-corrected chi connectivity index (χ4v) is 9.04. The first-order valence-corrected chi connectivity index (χ1v) is 18.7. The standard InChI is InChI=1S/C49H30N2OS/c1-3-10-31(11-4-1)32-18-22-35(23-19-32)51(37-26-29-45-43(30-37)39-14-7-8-17-44(39)53-45)36-24-20-33(21-25-36)38-27-28-41-46-40(38)15-9-16-42(46)48-47(41)50-49(52-48)34-12-5-2-6-13-34/h1-30H. The molecule has 0 spiro atoms. The fraction of sp³-hybridized carbons (Fsp3) is 0. The van der Waals surface area contributed by atoms with Crippen molar-refractivity contribution in [2.75, 3.05) is 4.90 Å². The first-order chi connectivity index (χ1) is 26.3. The van der Waals surface area contributed by atoms with Gasteiger partial charge in [-0.1, -0.05) is 121 Å². The number of nitrogens with zero attached hydrogens (tertiary/aromatic N) is 2. The number of benzene rings is 8. The van der Waals surface area contributed by atoms with Crippen molar-refractivity contribution < 1.29 is 4.42 Å². The lowest BCUT2D eigenvalue weighted by Gasteiger charge is -2.26. The summed E-state index contributed by atoms with van der Waals surface area (Å²) in [5.41, 5.74) is 12.2. The van der Waals surface area contributed by atoms with Gasteiger partial charge in [0.05, 0.1) is 0 Å². The van der Waals surface area contributed by atoms with Crippen molar-refractivity contribution in [1.29, 1.82) is 0 Å². The van der Waals surface area contributed by atoms with E-state index in [1.807, 2.05) is 41.7 Å². The van der Waals surface area contributed by atoms with E-state index in [-0.39, 0.29) is 0 Å². The van der Waals surface area contributed by atoms with Crippen molar-refractivity contribution in [1.82, 2.24) is 4.98 Å². The van der Waals surface area contributed by atoms with Crippen LogP contribution in [0.2, 0.25) is 0 Å². The van der Waals surface area contributed by atoms with Gasteiger partial charge in [0.2, 0.25) is 5.89 Å². The molecular weight excluding hydrogens is 665 g/mol. The highest BCUT2D eigenvalue weighted by molar-refractivity contribution is 7.25. The molecule has 248 valence electrons. The molecule has 0 radical (unpaired) electrons. The number of oxazole rings is 1. The molecular formula is C49H30N2OS. The summed E-state index contributed by atoms with van der Waals surface area (Å²) >= 11 is 1.85. The van der Waals surface area contributed by atoms with E-state index in [1.165, 1.54) is 47.6 Å². The largest absolute Gasteiger partial charge is 0.435 e. The summed E-state index contributed by atoms with van der Waals surface area (Å²) in [4.78, 5) is 7.34. The van der Waals surface area contributed by atoms with E-state index in [0.717, 1.165) is 50.8 Å². The zero-order chi connectivity index (χ0) is 34.9. The van der Waals surface area contributed by atoms with Crippen LogP contribution in [0, 0.1) is 0 Å². The zero-order valence-electron chi connectivity index (χ0n) is 28.5. The van der Waals surface area contributed by atoms with Crippen LogP contribution in [-0.4, -0.2) is 4.98 Å². The van der Waals surface area contributed by atoms with Gasteiger partial charge in [-0.15, -0.1) is 11.3 Å². The van der Waals surface area contributed by atoms with E-state index in [2.05, 4.69) is 157 Å². The molecule has 0 saturated carbocycles. The molecule has 2 heterocycles.